The van der Waals surface area contributed by atoms with Gasteiger partial charge in [0, 0.05) is 12.5 Å². The molecular formula is C11H15O. The first-order valence-corrected chi connectivity index (χ1v) is 4.30. The van der Waals surface area contributed by atoms with Gasteiger partial charge in [0.15, 0.2) is 0 Å². The van der Waals surface area contributed by atoms with Crippen LogP contribution >= 0.6 is 0 Å². The van der Waals surface area contributed by atoms with Gasteiger partial charge in [-0.3, -0.25) is 0 Å². The first kappa shape index (κ1) is 9.27. The van der Waals surface area contributed by atoms with Crippen molar-refractivity contribution in [3.05, 3.63) is 42.3 Å². The first-order valence-electron chi connectivity index (χ1n) is 4.30. The van der Waals surface area contributed by atoms with Gasteiger partial charge in [0.05, 0.1) is 0 Å². The van der Waals surface area contributed by atoms with E-state index in [-0.39, 0.29) is 12.5 Å². The molecule has 1 atom stereocenters. The second-order valence-electron chi connectivity index (χ2n) is 2.98. The third-order valence-corrected chi connectivity index (χ3v) is 2.05. The molecule has 0 aliphatic carbocycles. The van der Waals surface area contributed by atoms with Gasteiger partial charge in [-0.2, -0.15) is 0 Å². The maximum Gasteiger partial charge on any atom is 0.0499 e. The Bertz CT molecular complexity index is 243. The van der Waals surface area contributed by atoms with Crippen LogP contribution in [0.1, 0.15) is 24.0 Å². The molecule has 1 heteroatoms. The van der Waals surface area contributed by atoms with Crippen LogP contribution in [0.3, 0.4) is 0 Å². The van der Waals surface area contributed by atoms with Crippen LogP contribution < -0.4 is 0 Å². The van der Waals surface area contributed by atoms with E-state index in [2.05, 4.69) is 26.0 Å². The summed E-state index contributed by atoms with van der Waals surface area (Å²) in [5.41, 5.74) is 2.42. The Kier molecular flexibility index (Phi) is 3.30. The molecule has 0 spiro atoms. The molecule has 12 heavy (non-hydrogen) atoms. The average molecular weight is 163 g/mol. The predicted molar refractivity (Wildman–Crippen MR) is 51.0 cm³/mol. The SMILES string of the molecule is [CH2]C(CO)c1cccc(CC)c1. The minimum absolute atomic E-state index is 0.0106. The highest BCUT2D eigenvalue weighted by molar-refractivity contribution is 5.27. The van der Waals surface area contributed by atoms with Crippen molar-refractivity contribution in [1.82, 2.24) is 0 Å². The van der Waals surface area contributed by atoms with Gasteiger partial charge >= 0.3 is 0 Å². The number of hydrogen-bond acceptors (Lipinski definition) is 1. The van der Waals surface area contributed by atoms with E-state index in [4.69, 9.17) is 5.11 Å². The molecule has 1 rings (SSSR count). The summed E-state index contributed by atoms with van der Waals surface area (Å²) in [6.45, 7) is 6.09. The molecule has 1 unspecified atom stereocenters. The standard InChI is InChI=1S/C11H15O/c1-3-10-5-4-6-11(7-10)9(2)8-12/h4-7,9,12H,2-3,8H2,1H3. The van der Waals surface area contributed by atoms with Gasteiger partial charge in [0.25, 0.3) is 0 Å². The summed E-state index contributed by atoms with van der Waals surface area (Å²) in [7, 11) is 0. The van der Waals surface area contributed by atoms with E-state index >= 15 is 0 Å². The number of aliphatic hydroxyl groups excluding tert-OH is 1. The monoisotopic (exact) mass is 163 g/mol. The van der Waals surface area contributed by atoms with Gasteiger partial charge in [-0.15, -0.1) is 0 Å². The van der Waals surface area contributed by atoms with Gasteiger partial charge in [-0.1, -0.05) is 31.2 Å². The number of aryl methyl sites for hydroxylation is 1. The molecule has 1 N–H and O–H groups in total. The zero-order chi connectivity index (χ0) is 8.97. The second-order valence-corrected chi connectivity index (χ2v) is 2.98. The fourth-order valence-corrected chi connectivity index (χ4v) is 1.17. The van der Waals surface area contributed by atoms with E-state index in [0.717, 1.165) is 12.0 Å². The smallest absolute Gasteiger partial charge is 0.0499 e. The van der Waals surface area contributed by atoms with E-state index in [1.165, 1.54) is 5.56 Å². The predicted octanol–water partition coefficient (Wildman–Crippen LogP) is 2.16. The Balaban J connectivity index is 2.86. The molecule has 0 aromatic heterocycles. The Hall–Kier alpha value is -0.820. The molecule has 0 bridgehead atoms. The molecule has 1 aromatic rings. The highest BCUT2D eigenvalue weighted by Crippen LogP contribution is 2.15. The van der Waals surface area contributed by atoms with Crippen LogP contribution in [0.4, 0.5) is 0 Å². The maximum atomic E-state index is 8.89. The summed E-state index contributed by atoms with van der Waals surface area (Å²) >= 11 is 0. The van der Waals surface area contributed by atoms with E-state index < -0.39 is 0 Å². The van der Waals surface area contributed by atoms with Crippen molar-refractivity contribution < 1.29 is 5.11 Å². The molecule has 0 heterocycles. The van der Waals surface area contributed by atoms with Gasteiger partial charge in [-0.25, -0.2) is 0 Å². The Morgan fingerprint density at radius 1 is 1.50 bits per heavy atom. The lowest BCUT2D eigenvalue weighted by Gasteiger charge is -2.08. The Morgan fingerprint density at radius 2 is 2.25 bits per heavy atom. The molecule has 0 aliphatic heterocycles. The van der Waals surface area contributed by atoms with Gasteiger partial charge in [-0.05, 0) is 24.5 Å². The number of rotatable bonds is 3. The van der Waals surface area contributed by atoms with E-state index in [1.807, 2.05) is 12.1 Å². The average Bonchev–Trinajstić information content (AvgIpc) is 2.17. The van der Waals surface area contributed by atoms with Crippen LogP contribution in [0, 0.1) is 6.92 Å². The normalized spacial score (nSPS) is 12.9. The van der Waals surface area contributed by atoms with E-state index in [9.17, 15) is 0 Å². The van der Waals surface area contributed by atoms with E-state index in [1.54, 1.807) is 0 Å². The van der Waals surface area contributed by atoms with Crippen molar-refractivity contribution in [2.75, 3.05) is 6.61 Å². The Morgan fingerprint density at radius 3 is 2.83 bits per heavy atom. The molecule has 0 saturated carbocycles. The number of aliphatic hydroxyl groups is 1. The highest BCUT2D eigenvalue weighted by Gasteiger charge is 2.03. The summed E-state index contributed by atoms with van der Waals surface area (Å²) in [6.07, 6.45) is 1.03. The zero-order valence-corrected chi connectivity index (χ0v) is 7.46. The largest absolute Gasteiger partial charge is 0.396 e. The van der Waals surface area contributed by atoms with Gasteiger partial charge in [0.2, 0.25) is 0 Å². The minimum Gasteiger partial charge on any atom is -0.396 e. The van der Waals surface area contributed by atoms with Crippen LogP contribution in [0.2, 0.25) is 0 Å². The summed E-state index contributed by atoms with van der Waals surface area (Å²) in [5.74, 6) is 0.0106. The summed E-state index contributed by atoms with van der Waals surface area (Å²) in [6, 6.07) is 8.22. The fourth-order valence-electron chi connectivity index (χ4n) is 1.17. The van der Waals surface area contributed by atoms with Gasteiger partial charge in [0.1, 0.15) is 0 Å². The quantitative estimate of drug-likeness (QED) is 0.724. The van der Waals surface area contributed by atoms with Crippen molar-refractivity contribution in [2.45, 2.75) is 19.3 Å². The molecule has 1 aromatic carbocycles. The summed E-state index contributed by atoms with van der Waals surface area (Å²) < 4.78 is 0. The fraction of sp³-hybridized carbons (Fsp3) is 0.364. The first-order chi connectivity index (χ1) is 5.77. The van der Waals surface area contributed by atoms with Crippen LogP contribution in [0.15, 0.2) is 24.3 Å². The van der Waals surface area contributed by atoms with Crippen molar-refractivity contribution >= 4 is 0 Å². The highest BCUT2D eigenvalue weighted by atomic mass is 16.3. The van der Waals surface area contributed by atoms with Gasteiger partial charge < -0.3 is 5.11 Å². The van der Waals surface area contributed by atoms with Crippen molar-refractivity contribution in [2.24, 2.45) is 0 Å². The minimum atomic E-state index is 0.0106. The zero-order valence-electron chi connectivity index (χ0n) is 7.46. The topological polar surface area (TPSA) is 20.2 Å². The van der Waals surface area contributed by atoms with Crippen molar-refractivity contribution in [3.63, 3.8) is 0 Å². The summed E-state index contributed by atoms with van der Waals surface area (Å²) in [4.78, 5) is 0. The molecule has 1 radical (unpaired) electrons. The number of benzene rings is 1. The van der Waals surface area contributed by atoms with Crippen LogP contribution in [-0.2, 0) is 6.42 Å². The Labute approximate surface area is 74.1 Å². The van der Waals surface area contributed by atoms with E-state index in [0.29, 0.717) is 0 Å². The molecule has 0 saturated heterocycles. The maximum absolute atomic E-state index is 8.89. The third-order valence-electron chi connectivity index (χ3n) is 2.05. The third kappa shape index (κ3) is 2.08. The molecule has 0 amide bonds. The molecular weight excluding hydrogens is 148 g/mol. The van der Waals surface area contributed by atoms with Crippen LogP contribution in [-0.4, -0.2) is 11.7 Å². The van der Waals surface area contributed by atoms with Crippen molar-refractivity contribution in [1.29, 1.82) is 0 Å². The van der Waals surface area contributed by atoms with Crippen LogP contribution in [0.25, 0.3) is 0 Å². The second kappa shape index (κ2) is 4.27. The molecule has 65 valence electrons. The summed E-state index contributed by atoms with van der Waals surface area (Å²) in [5, 5.41) is 8.89. The van der Waals surface area contributed by atoms with Crippen molar-refractivity contribution in [3.8, 4) is 0 Å². The lowest BCUT2D eigenvalue weighted by Crippen LogP contribution is -1.99. The lowest BCUT2D eigenvalue weighted by atomic mass is 9.99. The number of hydrogen-bond donors (Lipinski definition) is 1. The molecule has 1 nitrogen and oxygen atoms in total. The lowest BCUT2D eigenvalue weighted by molar-refractivity contribution is 0.282. The van der Waals surface area contributed by atoms with Crippen LogP contribution in [0.5, 0.6) is 0 Å². The molecule has 0 fully saturated rings. The molecule has 0 aliphatic rings.